The standard InChI is InChI=1S/C5H9NO4/c1-9-6-5(8)4-10-3-2-7/h2H,3-4H2,1H3,(H,6,8). The zero-order valence-electron chi connectivity index (χ0n) is 5.62. The SMILES string of the molecule is CONC(=O)COCC=O. The molecule has 0 bridgehead atoms. The molecule has 0 radical (unpaired) electrons. The summed E-state index contributed by atoms with van der Waals surface area (Å²) in [5.74, 6) is -0.413. The minimum Gasteiger partial charge on any atom is -0.364 e. The van der Waals surface area contributed by atoms with E-state index < -0.39 is 5.91 Å². The predicted molar refractivity (Wildman–Crippen MR) is 32.0 cm³/mol. The molecule has 0 aromatic heterocycles. The molecule has 0 rings (SSSR count). The van der Waals surface area contributed by atoms with Crippen LogP contribution in [0.2, 0.25) is 0 Å². The van der Waals surface area contributed by atoms with Crippen LogP contribution >= 0.6 is 0 Å². The number of aldehydes is 1. The molecule has 0 aliphatic rings. The molecule has 5 heteroatoms. The fourth-order valence-electron chi connectivity index (χ4n) is 0.343. The Morgan fingerprint density at radius 3 is 2.90 bits per heavy atom. The molecule has 0 atom stereocenters. The molecule has 0 heterocycles. The third kappa shape index (κ3) is 5.20. The van der Waals surface area contributed by atoms with Crippen LogP contribution < -0.4 is 5.48 Å². The van der Waals surface area contributed by atoms with E-state index in [-0.39, 0.29) is 13.2 Å². The lowest BCUT2D eigenvalue weighted by molar-refractivity contribution is -0.136. The molecule has 0 aliphatic carbocycles. The Morgan fingerprint density at radius 1 is 1.70 bits per heavy atom. The third-order valence-electron chi connectivity index (χ3n) is 0.635. The number of hydroxylamine groups is 1. The highest BCUT2D eigenvalue weighted by atomic mass is 16.6. The first-order chi connectivity index (χ1) is 4.81. The van der Waals surface area contributed by atoms with Gasteiger partial charge in [-0.2, -0.15) is 0 Å². The van der Waals surface area contributed by atoms with Crippen molar-refractivity contribution in [1.29, 1.82) is 0 Å². The highest BCUT2D eigenvalue weighted by molar-refractivity contribution is 5.76. The molecule has 1 amide bonds. The van der Waals surface area contributed by atoms with Gasteiger partial charge < -0.3 is 9.53 Å². The molecular formula is C5H9NO4. The van der Waals surface area contributed by atoms with E-state index in [0.717, 1.165) is 0 Å². The number of hydrogen-bond acceptors (Lipinski definition) is 4. The molecule has 0 saturated carbocycles. The first-order valence-corrected chi connectivity index (χ1v) is 2.64. The Balaban J connectivity index is 3.13. The summed E-state index contributed by atoms with van der Waals surface area (Å²) in [6, 6.07) is 0. The van der Waals surface area contributed by atoms with E-state index in [2.05, 4.69) is 9.57 Å². The van der Waals surface area contributed by atoms with E-state index in [0.29, 0.717) is 6.29 Å². The number of amides is 1. The summed E-state index contributed by atoms with van der Waals surface area (Å²) in [4.78, 5) is 24.4. The summed E-state index contributed by atoms with van der Waals surface area (Å²) in [5.41, 5.74) is 2.02. The van der Waals surface area contributed by atoms with E-state index in [1.165, 1.54) is 7.11 Å². The van der Waals surface area contributed by atoms with E-state index in [1.807, 2.05) is 5.48 Å². The minimum absolute atomic E-state index is 0.0723. The zero-order valence-corrected chi connectivity index (χ0v) is 5.62. The van der Waals surface area contributed by atoms with Crippen molar-refractivity contribution in [3.05, 3.63) is 0 Å². The van der Waals surface area contributed by atoms with Gasteiger partial charge in [-0.1, -0.05) is 0 Å². The van der Waals surface area contributed by atoms with Gasteiger partial charge in [0.15, 0.2) is 0 Å². The Kier molecular flexibility index (Phi) is 5.60. The van der Waals surface area contributed by atoms with Gasteiger partial charge in [0.1, 0.15) is 19.5 Å². The molecule has 58 valence electrons. The maximum atomic E-state index is 10.4. The second-order valence-corrected chi connectivity index (χ2v) is 1.41. The third-order valence-corrected chi connectivity index (χ3v) is 0.635. The first kappa shape index (κ1) is 9.06. The number of carbonyl (C=O) groups is 2. The zero-order chi connectivity index (χ0) is 7.82. The fraction of sp³-hybridized carbons (Fsp3) is 0.600. The monoisotopic (exact) mass is 147 g/mol. The lowest BCUT2D eigenvalue weighted by Crippen LogP contribution is -2.26. The van der Waals surface area contributed by atoms with E-state index in [9.17, 15) is 9.59 Å². The van der Waals surface area contributed by atoms with Crippen molar-refractivity contribution >= 4 is 12.2 Å². The summed E-state index contributed by atoms with van der Waals surface area (Å²) in [6.45, 7) is -0.232. The molecule has 0 aromatic carbocycles. The molecule has 5 nitrogen and oxygen atoms in total. The number of ether oxygens (including phenoxy) is 1. The average Bonchev–Trinajstić information content (AvgIpc) is 1.89. The number of hydrogen-bond donors (Lipinski definition) is 1. The van der Waals surface area contributed by atoms with Gasteiger partial charge in [0.25, 0.3) is 5.91 Å². The second kappa shape index (κ2) is 6.18. The Labute approximate surface area is 58.3 Å². The van der Waals surface area contributed by atoms with E-state index >= 15 is 0 Å². The summed E-state index contributed by atoms with van der Waals surface area (Å²) in [7, 11) is 1.32. The van der Waals surface area contributed by atoms with Crippen LogP contribution in [0, 0.1) is 0 Å². The number of nitrogens with one attached hydrogen (secondary N) is 1. The second-order valence-electron chi connectivity index (χ2n) is 1.41. The Bertz CT molecular complexity index is 114. The van der Waals surface area contributed by atoms with Crippen molar-refractivity contribution in [3.8, 4) is 0 Å². The maximum Gasteiger partial charge on any atom is 0.269 e. The van der Waals surface area contributed by atoms with Crippen LogP contribution in [-0.4, -0.2) is 32.5 Å². The molecule has 1 N–H and O–H groups in total. The van der Waals surface area contributed by atoms with Crippen LogP contribution in [0.3, 0.4) is 0 Å². The molecule has 0 unspecified atom stereocenters. The summed E-state index contributed by atoms with van der Waals surface area (Å²) in [5, 5.41) is 0. The lowest BCUT2D eigenvalue weighted by Gasteiger charge is -1.99. The van der Waals surface area contributed by atoms with E-state index in [1.54, 1.807) is 0 Å². The van der Waals surface area contributed by atoms with Crippen molar-refractivity contribution in [1.82, 2.24) is 5.48 Å². The molecule has 0 spiro atoms. The van der Waals surface area contributed by atoms with Crippen molar-refractivity contribution in [2.24, 2.45) is 0 Å². The summed E-state index contributed by atoms with van der Waals surface area (Å²) < 4.78 is 4.54. The van der Waals surface area contributed by atoms with Crippen LogP contribution in [0.4, 0.5) is 0 Å². The fourth-order valence-corrected chi connectivity index (χ4v) is 0.343. The van der Waals surface area contributed by atoms with Gasteiger partial charge in [-0.25, -0.2) is 5.48 Å². The van der Waals surface area contributed by atoms with Crippen LogP contribution in [0.1, 0.15) is 0 Å². The lowest BCUT2D eigenvalue weighted by atomic mass is 10.7. The Morgan fingerprint density at radius 2 is 2.40 bits per heavy atom. The molecule has 0 aromatic rings. The van der Waals surface area contributed by atoms with Gasteiger partial charge in [-0.15, -0.1) is 0 Å². The van der Waals surface area contributed by atoms with Gasteiger partial charge >= 0.3 is 0 Å². The molecule has 0 aliphatic heterocycles. The van der Waals surface area contributed by atoms with Gasteiger partial charge in [0, 0.05) is 0 Å². The highest BCUT2D eigenvalue weighted by Crippen LogP contribution is 1.71. The van der Waals surface area contributed by atoms with E-state index in [4.69, 9.17) is 0 Å². The quantitative estimate of drug-likeness (QED) is 0.304. The maximum absolute atomic E-state index is 10.4. The predicted octanol–water partition coefficient (Wildman–Crippen LogP) is -1.12. The number of rotatable bonds is 5. The van der Waals surface area contributed by atoms with Crippen molar-refractivity contribution in [2.75, 3.05) is 20.3 Å². The molecular weight excluding hydrogens is 138 g/mol. The smallest absolute Gasteiger partial charge is 0.269 e. The van der Waals surface area contributed by atoms with Crippen LogP contribution in [-0.2, 0) is 19.2 Å². The van der Waals surface area contributed by atoms with Crippen LogP contribution in [0.5, 0.6) is 0 Å². The van der Waals surface area contributed by atoms with Gasteiger partial charge in [-0.3, -0.25) is 9.63 Å². The molecule has 0 saturated heterocycles. The molecule has 0 fully saturated rings. The average molecular weight is 147 g/mol. The summed E-state index contributed by atoms with van der Waals surface area (Å²) >= 11 is 0. The van der Waals surface area contributed by atoms with Crippen molar-refractivity contribution < 1.29 is 19.2 Å². The van der Waals surface area contributed by atoms with Gasteiger partial charge in [0.2, 0.25) is 0 Å². The largest absolute Gasteiger partial charge is 0.364 e. The molecule has 10 heavy (non-hydrogen) atoms. The first-order valence-electron chi connectivity index (χ1n) is 2.64. The topological polar surface area (TPSA) is 64.6 Å². The van der Waals surface area contributed by atoms with Gasteiger partial charge in [0.05, 0.1) is 7.11 Å². The highest BCUT2D eigenvalue weighted by Gasteiger charge is 1.97. The Hall–Kier alpha value is -0.940. The van der Waals surface area contributed by atoms with Crippen LogP contribution in [0.15, 0.2) is 0 Å². The van der Waals surface area contributed by atoms with Gasteiger partial charge in [-0.05, 0) is 0 Å². The normalized spacial score (nSPS) is 8.90. The number of carbonyl (C=O) groups excluding carboxylic acids is 2. The van der Waals surface area contributed by atoms with Crippen molar-refractivity contribution in [3.63, 3.8) is 0 Å². The van der Waals surface area contributed by atoms with Crippen molar-refractivity contribution in [2.45, 2.75) is 0 Å². The minimum atomic E-state index is -0.413. The van der Waals surface area contributed by atoms with Crippen LogP contribution in [0.25, 0.3) is 0 Å². The summed E-state index contributed by atoms with van der Waals surface area (Å²) in [6.07, 6.45) is 0.570.